The molecule has 0 spiro atoms. The Morgan fingerprint density at radius 1 is 1.17 bits per heavy atom. The largest absolute Gasteiger partial charge is 0.485 e. The molecular formula is C18H18ClFN2O2. The highest BCUT2D eigenvalue weighted by molar-refractivity contribution is 6.30. The minimum Gasteiger partial charge on any atom is -0.485 e. The molecule has 0 bridgehead atoms. The van der Waals surface area contributed by atoms with Gasteiger partial charge >= 0.3 is 0 Å². The predicted molar refractivity (Wildman–Crippen MR) is 91.8 cm³/mol. The van der Waals surface area contributed by atoms with E-state index < -0.39 is 6.10 Å². The summed E-state index contributed by atoms with van der Waals surface area (Å²) in [6.07, 6.45) is -0.487. The van der Waals surface area contributed by atoms with E-state index >= 15 is 0 Å². The molecule has 2 aromatic carbocycles. The molecule has 126 valence electrons. The maximum atomic E-state index is 14.2. The second kappa shape index (κ2) is 6.49. The van der Waals surface area contributed by atoms with Gasteiger partial charge in [0.2, 0.25) is 0 Å². The maximum absolute atomic E-state index is 14.2. The number of para-hydroxylation sites is 1. The van der Waals surface area contributed by atoms with Crippen LogP contribution in [0.1, 0.15) is 11.7 Å². The molecule has 24 heavy (non-hydrogen) atoms. The van der Waals surface area contributed by atoms with Crippen LogP contribution in [0.2, 0.25) is 5.02 Å². The van der Waals surface area contributed by atoms with E-state index in [0.717, 1.165) is 31.9 Å². The summed E-state index contributed by atoms with van der Waals surface area (Å²) in [5.74, 6) is 1.01. The number of fused-ring (bicyclic) bond motifs is 1. The van der Waals surface area contributed by atoms with Gasteiger partial charge in [-0.05, 0) is 24.3 Å². The molecular weight excluding hydrogens is 331 g/mol. The summed E-state index contributed by atoms with van der Waals surface area (Å²) < 4.78 is 26.2. The quantitative estimate of drug-likeness (QED) is 0.902. The highest BCUT2D eigenvalue weighted by Gasteiger charge is 2.28. The summed E-state index contributed by atoms with van der Waals surface area (Å²) in [6.45, 7) is 3.94. The maximum Gasteiger partial charge on any atom is 0.185 e. The van der Waals surface area contributed by atoms with Gasteiger partial charge in [0.05, 0.1) is 5.69 Å². The number of halogens is 2. The van der Waals surface area contributed by atoms with Gasteiger partial charge in [0.15, 0.2) is 17.6 Å². The lowest BCUT2D eigenvalue weighted by atomic mass is 10.1. The van der Waals surface area contributed by atoms with Crippen LogP contribution < -0.4 is 19.7 Å². The predicted octanol–water partition coefficient (Wildman–Crippen LogP) is 3.40. The molecule has 0 aromatic heterocycles. The summed E-state index contributed by atoms with van der Waals surface area (Å²) in [7, 11) is 0. The van der Waals surface area contributed by atoms with Crippen LogP contribution >= 0.6 is 11.6 Å². The molecule has 2 heterocycles. The van der Waals surface area contributed by atoms with Gasteiger partial charge in [0.1, 0.15) is 12.4 Å². The molecule has 1 N–H and O–H groups in total. The van der Waals surface area contributed by atoms with Crippen LogP contribution in [0.15, 0.2) is 36.4 Å². The van der Waals surface area contributed by atoms with E-state index in [9.17, 15) is 4.39 Å². The van der Waals surface area contributed by atoms with Crippen molar-refractivity contribution >= 4 is 17.3 Å². The fraction of sp³-hybridized carbons (Fsp3) is 0.333. The highest BCUT2D eigenvalue weighted by atomic mass is 35.5. The van der Waals surface area contributed by atoms with Gasteiger partial charge < -0.3 is 19.7 Å². The van der Waals surface area contributed by atoms with Gasteiger partial charge in [-0.1, -0.05) is 23.7 Å². The van der Waals surface area contributed by atoms with Crippen molar-refractivity contribution in [2.24, 2.45) is 0 Å². The molecule has 6 heteroatoms. The van der Waals surface area contributed by atoms with Crippen LogP contribution in [0.4, 0.5) is 10.1 Å². The summed E-state index contributed by atoms with van der Waals surface area (Å²) >= 11 is 5.84. The molecule has 2 aliphatic rings. The van der Waals surface area contributed by atoms with E-state index in [1.807, 2.05) is 18.2 Å². The number of nitrogens with one attached hydrogen (secondary N) is 1. The van der Waals surface area contributed by atoms with Crippen LogP contribution in [-0.2, 0) is 0 Å². The zero-order valence-corrected chi connectivity index (χ0v) is 13.9. The third kappa shape index (κ3) is 2.89. The van der Waals surface area contributed by atoms with E-state index in [4.69, 9.17) is 21.1 Å². The molecule has 1 saturated heterocycles. The molecule has 1 fully saturated rings. The van der Waals surface area contributed by atoms with Crippen LogP contribution in [0.3, 0.4) is 0 Å². The van der Waals surface area contributed by atoms with Gasteiger partial charge in [-0.3, -0.25) is 0 Å². The summed E-state index contributed by atoms with van der Waals surface area (Å²) in [5, 5.41) is 3.71. The summed E-state index contributed by atoms with van der Waals surface area (Å²) in [5.41, 5.74) is 1.45. The minimum atomic E-state index is -0.487. The molecule has 0 radical (unpaired) electrons. The van der Waals surface area contributed by atoms with Gasteiger partial charge in [-0.25, -0.2) is 4.39 Å². The normalized spacial score (nSPS) is 20.1. The van der Waals surface area contributed by atoms with Gasteiger partial charge in [-0.2, -0.15) is 0 Å². The summed E-state index contributed by atoms with van der Waals surface area (Å²) in [6, 6.07) is 10.5. The Balaban J connectivity index is 1.66. The van der Waals surface area contributed by atoms with Gasteiger partial charge in [-0.15, -0.1) is 0 Å². The first-order valence-electron chi connectivity index (χ1n) is 8.05. The molecule has 0 aliphatic carbocycles. The number of ether oxygens (including phenoxy) is 2. The Morgan fingerprint density at radius 3 is 2.79 bits per heavy atom. The van der Waals surface area contributed by atoms with Crippen molar-refractivity contribution in [3.63, 3.8) is 0 Å². The van der Waals surface area contributed by atoms with Crippen LogP contribution in [0.25, 0.3) is 0 Å². The average Bonchev–Trinajstić information content (AvgIpc) is 2.61. The fourth-order valence-corrected chi connectivity index (χ4v) is 3.31. The number of piperazine rings is 1. The van der Waals surface area contributed by atoms with Crippen molar-refractivity contribution in [2.75, 3.05) is 37.7 Å². The topological polar surface area (TPSA) is 33.7 Å². The second-order valence-corrected chi connectivity index (χ2v) is 6.36. The number of hydrogen-bond acceptors (Lipinski definition) is 4. The number of anilines is 1. The van der Waals surface area contributed by atoms with E-state index in [2.05, 4.69) is 10.2 Å². The third-order valence-corrected chi connectivity index (χ3v) is 4.61. The number of hydrogen-bond donors (Lipinski definition) is 1. The van der Waals surface area contributed by atoms with Gasteiger partial charge in [0.25, 0.3) is 0 Å². The van der Waals surface area contributed by atoms with Crippen LogP contribution in [0, 0.1) is 5.82 Å². The Kier molecular flexibility index (Phi) is 4.21. The number of rotatable bonds is 2. The lowest BCUT2D eigenvalue weighted by molar-refractivity contribution is 0.0891. The van der Waals surface area contributed by atoms with Crippen molar-refractivity contribution in [3.8, 4) is 11.5 Å². The van der Waals surface area contributed by atoms with Crippen LogP contribution in [-0.4, -0.2) is 32.8 Å². The molecule has 4 rings (SSSR count). The number of benzene rings is 2. The molecule has 0 saturated carbocycles. The van der Waals surface area contributed by atoms with E-state index in [1.54, 1.807) is 12.1 Å². The monoisotopic (exact) mass is 348 g/mol. The smallest absolute Gasteiger partial charge is 0.185 e. The second-order valence-electron chi connectivity index (χ2n) is 5.92. The Labute approximate surface area is 145 Å². The lowest BCUT2D eigenvalue weighted by Gasteiger charge is -2.34. The SMILES string of the molecule is Fc1cc(Cl)ccc1[C@H]1COc2cccc(N3CCNCC3)c2O1. The molecule has 0 amide bonds. The molecule has 0 unspecified atom stereocenters. The van der Waals surface area contributed by atoms with E-state index in [0.29, 0.717) is 22.1 Å². The first-order chi connectivity index (χ1) is 11.7. The molecule has 1 atom stereocenters. The van der Waals surface area contributed by atoms with Crippen molar-refractivity contribution in [2.45, 2.75) is 6.10 Å². The zero-order valence-electron chi connectivity index (χ0n) is 13.1. The van der Waals surface area contributed by atoms with Crippen molar-refractivity contribution in [3.05, 3.63) is 52.8 Å². The molecule has 2 aliphatic heterocycles. The summed E-state index contributed by atoms with van der Waals surface area (Å²) in [4.78, 5) is 2.26. The van der Waals surface area contributed by atoms with Crippen LogP contribution in [0.5, 0.6) is 11.5 Å². The zero-order chi connectivity index (χ0) is 16.5. The Hall–Kier alpha value is -1.98. The number of nitrogens with zero attached hydrogens (tertiary/aromatic N) is 1. The fourth-order valence-electron chi connectivity index (χ4n) is 3.15. The van der Waals surface area contributed by atoms with E-state index in [1.165, 1.54) is 6.07 Å². The Bertz CT molecular complexity index is 750. The van der Waals surface area contributed by atoms with E-state index in [-0.39, 0.29) is 12.4 Å². The standard InChI is InChI=1S/C18H18ClFN2O2/c19-12-4-5-13(14(20)10-12)17-11-23-16-3-1-2-15(18(16)24-17)22-8-6-21-7-9-22/h1-5,10,17,21H,6-9,11H2/t17-/m1/s1. The minimum absolute atomic E-state index is 0.274. The van der Waals surface area contributed by atoms with Gasteiger partial charge in [0, 0.05) is 36.8 Å². The van der Waals surface area contributed by atoms with Crippen molar-refractivity contribution < 1.29 is 13.9 Å². The van der Waals surface area contributed by atoms with Crippen molar-refractivity contribution in [1.82, 2.24) is 5.32 Å². The molecule has 4 nitrogen and oxygen atoms in total. The average molecular weight is 349 g/mol. The lowest BCUT2D eigenvalue weighted by Crippen LogP contribution is -2.43. The first-order valence-corrected chi connectivity index (χ1v) is 8.43. The third-order valence-electron chi connectivity index (χ3n) is 4.38. The Morgan fingerprint density at radius 2 is 2.00 bits per heavy atom. The molecule has 2 aromatic rings. The first kappa shape index (κ1) is 15.5. The van der Waals surface area contributed by atoms with Crippen molar-refractivity contribution in [1.29, 1.82) is 0 Å². The highest BCUT2D eigenvalue weighted by Crippen LogP contribution is 2.44.